The summed E-state index contributed by atoms with van der Waals surface area (Å²) in [6.07, 6.45) is 0. The molecule has 0 aromatic heterocycles. The van der Waals surface area contributed by atoms with Crippen LogP contribution in [0.5, 0.6) is 5.75 Å². The molecule has 96 valence electrons. The van der Waals surface area contributed by atoms with Gasteiger partial charge in [-0.25, -0.2) is 4.21 Å². The molecule has 1 atom stereocenters. The van der Waals surface area contributed by atoms with Gasteiger partial charge in [-0.3, -0.25) is 0 Å². The second kappa shape index (κ2) is 5.08. The van der Waals surface area contributed by atoms with E-state index in [4.69, 9.17) is 4.18 Å². The maximum Gasteiger partial charge on any atom is 0.147 e. The maximum atomic E-state index is 10.7. The standard InChI is InChI=1S/C14H16O3S/c1-9(2)11-5-4-6-12-10(3)7-14(13(12)8-11)17-18(15)16/h4-9H,1-3H3,(H,15,16)/p-1. The highest BCUT2D eigenvalue weighted by molar-refractivity contribution is 7.74. The molecule has 0 radical (unpaired) electrons. The highest BCUT2D eigenvalue weighted by atomic mass is 32.2. The SMILES string of the molecule is Cc1cc(OS(=O)[O-])c2cc(C(C)C)cccc1-2. The number of hydrogen-bond acceptors (Lipinski definition) is 3. The van der Waals surface area contributed by atoms with E-state index < -0.39 is 11.4 Å². The lowest BCUT2D eigenvalue weighted by Gasteiger charge is -2.08. The van der Waals surface area contributed by atoms with Crippen molar-refractivity contribution in [2.45, 2.75) is 26.7 Å². The molecule has 3 nitrogen and oxygen atoms in total. The smallest absolute Gasteiger partial charge is 0.147 e. The molecule has 0 saturated heterocycles. The summed E-state index contributed by atoms with van der Waals surface area (Å²) in [6.45, 7) is 6.14. The molecule has 0 spiro atoms. The first-order chi connectivity index (χ1) is 8.49. The molecule has 0 fully saturated rings. The lowest BCUT2D eigenvalue weighted by Crippen LogP contribution is -1.97. The zero-order valence-corrected chi connectivity index (χ0v) is 11.4. The summed E-state index contributed by atoms with van der Waals surface area (Å²) in [5.74, 6) is 0.773. The van der Waals surface area contributed by atoms with Crippen LogP contribution >= 0.6 is 0 Å². The summed E-state index contributed by atoms with van der Waals surface area (Å²) in [5, 5.41) is 0. The molecule has 0 amide bonds. The van der Waals surface area contributed by atoms with Crippen LogP contribution in [0.15, 0.2) is 30.3 Å². The highest BCUT2D eigenvalue weighted by Crippen LogP contribution is 2.38. The molecule has 0 N–H and O–H groups in total. The number of fused-ring (bicyclic) bond motifs is 1. The Bertz CT molecular complexity index is 563. The summed E-state index contributed by atoms with van der Waals surface area (Å²) in [4.78, 5) is 0. The Balaban J connectivity index is 2.61. The molecule has 2 rings (SSSR count). The van der Waals surface area contributed by atoms with Gasteiger partial charge in [0, 0.05) is 5.56 Å². The van der Waals surface area contributed by atoms with Gasteiger partial charge in [0.25, 0.3) is 0 Å². The van der Waals surface area contributed by atoms with Gasteiger partial charge in [0.1, 0.15) is 17.1 Å². The van der Waals surface area contributed by atoms with Crippen LogP contribution in [0.2, 0.25) is 0 Å². The predicted octanol–water partition coefficient (Wildman–Crippen LogP) is 3.40. The first-order valence-electron chi connectivity index (χ1n) is 5.80. The number of hydrogen-bond donors (Lipinski definition) is 0. The molecule has 0 aromatic carbocycles. The third-order valence-electron chi connectivity index (χ3n) is 3.02. The van der Waals surface area contributed by atoms with Crippen LogP contribution in [0.25, 0.3) is 11.1 Å². The minimum atomic E-state index is -2.54. The van der Waals surface area contributed by atoms with Crippen LogP contribution in [-0.4, -0.2) is 8.76 Å². The Hall–Kier alpha value is -1.39. The fourth-order valence-corrected chi connectivity index (χ4v) is 2.32. The van der Waals surface area contributed by atoms with Gasteiger partial charge in [0.15, 0.2) is 0 Å². The van der Waals surface area contributed by atoms with Crippen LogP contribution in [0.3, 0.4) is 0 Å². The first-order valence-corrected chi connectivity index (χ1v) is 6.80. The van der Waals surface area contributed by atoms with Crippen molar-refractivity contribution in [2.75, 3.05) is 0 Å². The molecule has 2 aliphatic carbocycles. The van der Waals surface area contributed by atoms with Gasteiger partial charge in [-0.1, -0.05) is 32.0 Å². The van der Waals surface area contributed by atoms with E-state index in [1.807, 2.05) is 31.2 Å². The van der Waals surface area contributed by atoms with Crippen molar-refractivity contribution in [1.29, 1.82) is 0 Å². The highest BCUT2D eigenvalue weighted by Gasteiger charge is 2.15. The summed E-state index contributed by atoms with van der Waals surface area (Å²) in [7, 11) is 0. The molecule has 0 heterocycles. The van der Waals surface area contributed by atoms with Crippen LogP contribution in [0, 0.1) is 6.92 Å². The van der Waals surface area contributed by atoms with Crippen molar-refractivity contribution in [3.63, 3.8) is 0 Å². The Labute approximate surface area is 110 Å². The molecular weight excluding hydrogens is 248 g/mol. The molecule has 0 aliphatic heterocycles. The zero-order valence-electron chi connectivity index (χ0n) is 10.6. The van der Waals surface area contributed by atoms with Crippen LogP contribution in [-0.2, 0) is 11.4 Å². The molecule has 4 heteroatoms. The number of rotatable bonds is 3. The van der Waals surface area contributed by atoms with Crippen molar-refractivity contribution in [3.8, 4) is 16.9 Å². The van der Waals surface area contributed by atoms with Crippen molar-refractivity contribution in [2.24, 2.45) is 0 Å². The van der Waals surface area contributed by atoms with E-state index in [-0.39, 0.29) is 0 Å². The molecule has 0 aromatic rings. The fourth-order valence-electron chi connectivity index (χ4n) is 2.04. The molecule has 2 aliphatic rings. The zero-order chi connectivity index (χ0) is 13.3. The summed E-state index contributed by atoms with van der Waals surface area (Å²) in [5.41, 5.74) is 4.02. The minimum absolute atomic E-state index is 0.376. The third kappa shape index (κ3) is 2.54. The minimum Gasteiger partial charge on any atom is -0.740 e. The van der Waals surface area contributed by atoms with Gasteiger partial charge in [-0.15, -0.1) is 0 Å². The topological polar surface area (TPSA) is 49.4 Å². The van der Waals surface area contributed by atoms with E-state index >= 15 is 0 Å². The molecule has 0 bridgehead atoms. The second-order valence-electron chi connectivity index (χ2n) is 4.63. The van der Waals surface area contributed by atoms with Crippen molar-refractivity contribution in [1.82, 2.24) is 0 Å². The molecule has 1 unspecified atom stereocenters. The Morgan fingerprint density at radius 1 is 1.22 bits per heavy atom. The average Bonchev–Trinajstić information content (AvgIpc) is 2.50. The van der Waals surface area contributed by atoms with E-state index in [1.54, 1.807) is 6.07 Å². The van der Waals surface area contributed by atoms with Gasteiger partial charge < -0.3 is 8.74 Å². The van der Waals surface area contributed by atoms with Gasteiger partial charge in [0.05, 0.1) is 0 Å². The third-order valence-corrected chi connectivity index (χ3v) is 3.33. The van der Waals surface area contributed by atoms with Crippen molar-refractivity contribution in [3.05, 3.63) is 41.5 Å². The Morgan fingerprint density at radius 3 is 2.56 bits per heavy atom. The molecule has 0 saturated carbocycles. The second-order valence-corrected chi connectivity index (χ2v) is 5.21. The van der Waals surface area contributed by atoms with E-state index in [0.29, 0.717) is 11.7 Å². The average molecular weight is 263 g/mol. The lowest BCUT2D eigenvalue weighted by molar-refractivity contribution is 0.441. The Kier molecular flexibility index (Phi) is 3.68. The predicted molar refractivity (Wildman–Crippen MR) is 71.4 cm³/mol. The first kappa shape index (κ1) is 13.1. The normalized spacial score (nSPS) is 12.9. The van der Waals surface area contributed by atoms with E-state index in [0.717, 1.165) is 22.3 Å². The van der Waals surface area contributed by atoms with Crippen LogP contribution in [0.4, 0.5) is 0 Å². The summed E-state index contributed by atoms with van der Waals surface area (Å²) < 4.78 is 26.2. The number of aryl methyl sites for hydroxylation is 1. The van der Waals surface area contributed by atoms with Gasteiger partial charge in [-0.2, -0.15) is 0 Å². The lowest BCUT2D eigenvalue weighted by atomic mass is 10.0. The maximum absolute atomic E-state index is 10.7. The van der Waals surface area contributed by atoms with Crippen LogP contribution in [0.1, 0.15) is 30.9 Å². The van der Waals surface area contributed by atoms with Gasteiger partial charge in [-0.05, 0) is 41.7 Å². The molecular formula is C14H15O3S-. The summed E-state index contributed by atoms with van der Waals surface area (Å²) >= 11 is -2.54. The monoisotopic (exact) mass is 263 g/mol. The van der Waals surface area contributed by atoms with Gasteiger partial charge in [0.2, 0.25) is 0 Å². The van der Waals surface area contributed by atoms with Gasteiger partial charge >= 0.3 is 0 Å². The van der Waals surface area contributed by atoms with Crippen LogP contribution < -0.4 is 4.18 Å². The quantitative estimate of drug-likeness (QED) is 0.797. The summed E-state index contributed by atoms with van der Waals surface area (Å²) in [6, 6.07) is 9.77. The van der Waals surface area contributed by atoms with Crippen molar-refractivity contribution < 1.29 is 12.9 Å². The van der Waals surface area contributed by atoms with E-state index in [1.165, 1.54) is 0 Å². The Morgan fingerprint density at radius 2 is 1.94 bits per heavy atom. The fraction of sp³-hybridized carbons (Fsp3) is 0.286. The van der Waals surface area contributed by atoms with E-state index in [9.17, 15) is 8.76 Å². The molecule has 18 heavy (non-hydrogen) atoms. The van der Waals surface area contributed by atoms with E-state index in [2.05, 4.69) is 13.8 Å². The van der Waals surface area contributed by atoms with Crippen molar-refractivity contribution >= 4 is 11.4 Å². The largest absolute Gasteiger partial charge is 0.740 e.